The quantitative estimate of drug-likeness (QED) is 0.713. The summed E-state index contributed by atoms with van der Waals surface area (Å²) in [5, 5.41) is 4.50. The molecule has 1 aromatic heterocycles. The summed E-state index contributed by atoms with van der Waals surface area (Å²) in [6.45, 7) is 4.35. The van der Waals surface area contributed by atoms with Gasteiger partial charge in [-0.25, -0.2) is 0 Å². The normalized spacial score (nSPS) is 19.9. The Bertz CT molecular complexity index is 334. The van der Waals surface area contributed by atoms with Gasteiger partial charge in [0.2, 0.25) is 0 Å². The van der Waals surface area contributed by atoms with Gasteiger partial charge in [0, 0.05) is 18.0 Å². The van der Waals surface area contributed by atoms with Gasteiger partial charge in [-0.15, -0.1) is 0 Å². The van der Waals surface area contributed by atoms with Crippen LogP contribution < -0.4 is 5.73 Å². The van der Waals surface area contributed by atoms with Crippen molar-refractivity contribution >= 4 is 5.82 Å². The van der Waals surface area contributed by atoms with Crippen LogP contribution in [0.25, 0.3) is 0 Å². The molecule has 13 heavy (non-hydrogen) atoms. The topological polar surface area (TPSA) is 43.8 Å². The highest BCUT2D eigenvalue weighted by Crippen LogP contribution is 2.44. The van der Waals surface area contributed by atoms with Gasteiger partial charge in [0.1, 0.15) is 5.82 Å². The highest BCUT2D eigenvalue weighted by Gasteiger charge is 2.37. The zero-order valence-electron chi connectivity index (χ0n) is 8.59. The summed E-state index contributed by atoms with van der Waals surface area (Å²) in [5.74, 6) is 0.808. The molecule has 0 unspecified atom stereocenters. The Morgan fingerprint density at radius 1 is 1.46 bits per heavy atom. The molecule has 2 rings (SSSR count). The van der Waals surface area contributed by atoms with E-state index in [1.165, 1.54) is 30.5 Å². The molecule has 0 aromatic carbocycles. The van der Waals surface area contributed by atoms with Gasteiger partial charge < -0.3 is 5.73 Å². The maximum atomic E-state index is 5.88. The van der Waals surface area contributed by atoms with Crippen molar-refractivity contribution in [1.29, 1.82) is 0 Å². The molecular formula is C10H17N3. The molecule has 0 atom stereocenters. The van der Waals surface area contributed by atoms with Crippen molar-refractivity contribution in [2.75, 3.05) is 5.73 Å². The average molecular weight is 179 g/mol. The Morgan fingerprint density at radius 3 is 2.38 bits per heavy atom. The monoisotopic (exact) mass is 179 g/mol. The van der Waals surface area contributed by atoms with Crippen molar-refractivity contribution in [1.82, 2.24) is 9.78 Å². The van der Waals surface area contributed by atoms with Crippen LogP contribution in [0, 0.1) is 6.92 Å². The number of nitrogens with two attached hydrogens (primary N) is 1. The van der Waals surface area contributed by atoms with E-state index in [9.17, 15) is 0 Å². The molecular weight excluding hydrogens is 162 g/mol. The number of rotatable bonds is 1. The van der Waals surface area contributed by atoms with E-state index in [1.807, 2.05) is 7.05 Å². The molecule has 0 spiro atoms. The molecule has 2 N–H and O–H groups in total. The van der Waals surface area contributed by atoms with Crippen LogP contribution in [-0.2, 0) is 12.5 Å². The molecule has 0 saturated heterocycles. The van der Waals surface area contributed by atoms with Gasteiger partial charge in [0.25, 0.3) is 0 Å². The number of anilines is 1. The summed E-state index contributed by atoms with van der Waals surface area (Å²) in [4.78, 5) is 0. The fraction of sp³-hybridized carbons (Fsp3) is 0.700. The van der Waals surface area contributed by atoms with Gasteiger partial charge in [-0.1, -0.05) is 13.3 Å². The molecule has 1 aliphatic rings. The molecule has 1 aromatic rings. The zero-order valence-corrected chi connectivity index (χ0v) is 8.59. The molecule has 1 fully saturated rings. The molecule has 72 valence electrons. The van der Waals surface area contributed by atoms with Crippen molar-refractivity contribution in [2.45, 2.75) is 38.5 Å². The first-order valence-electron chi connectivity index (χ1n) is 4.84. The zero-order chi connectivity index (χ0) is 9.64. The number of aryl methyl sites for hydroxylation is 1. The van der Waals surface area contributed by atoms with Gasteiger partial charge >= 0.3 is 0 Å². The summed E-state index contributed by atoms with van der Waals surface area (Å²) < 4.78 is 1.79. The van der Waals surface area contributed by atoms with Gasteiger partial charge in [-0.3, -0.25) is 4.68 Å². The third kappa shape index (κ3) is 1.06. The smallest absolute Gasteiger partial charge is 0.124 e. The maximum absolute atomic E-state index is 5.88. The van der Waals surface area contributed by atoms with Crippen LogP contribution in [-0.4, -0.2) is 9.78 Å². The third-order valence-corrected chi connectivity index (χ3v) is 3.37. The Labute approximate surface area is 78.9 Å². The SMILES string of the molecule is Cc1c(C2(C)CCC2)nn(C)c1N. The number of nitrogens with zero attached hydrogens (tertiary/aromatic N) is 2. The molecule has 0 bridgehead atoms. The van der Waals surface area contributed by atoms with Gasteiger partial charge in [0.15, 0.2) is 0 Å². The molecule has 0 amide bonds. The fourth-order valence-electron chi connectivity index (χ4n) is 2.16. The highest BCUT2D eigenvalue weighted by atomic mass is 15.3. The van der Waals surface area contributed by atoms with E-state index in [0.717, 1.165) is 5.82 Å². The Kier molecular flexibility index (Phi) is 1.65. The van der Waals surface area contributed by atoms with E-state index in [-0.39, 0.29) is 0 Å². The van der Waals surface area contributed by atoms with Crippen molar-refractivity contribution in [3.63, 3.8) is 0 Å². The largest absolute Gasteiger partial charge is 0.384 e. The number of nitrogen functional groups attached to an aromatic ring is 1. The van der Waals surface area contributed by atoms with Crippen molar-refractivity contribution in [3.05, 3.63) is 11.3 Å². The summed E-state index contributed by atoms with van der Waals surface area (Å²) in [7, 11) is 1.91. The van der Waals surface area contributed by atoms with Gasteiger partial charge in [-0.05, 0) is 19.8 Å². The Hall–Kier alpha value is -0.990. The van der Waals surface area contributed by atoms with E-state index >= 15 is 0 Å². The highest BCUT2D eigenvalue weighted by molar-refractivity contribution is 5.45. The summed E-state index contributed by atoms with van der Waals surface area (Å²) in [5.41, 5.74) is 8.56. The van der Waals surface area contributed by atoms with Gasteiger partial charge in [-0.2, -0.15) is 5.10 Å². The van der Waals surface area contributed by atoms with Crippen LogP contribution in [0.5, 0.6) is 0 Å². The first kappa shape index (κ1) is 8.60. The molecule has 3 heteroatoms. The minimum absolute atomic E-state index is 0.305. The van der Waals surface area contributed by atoms with Crippen LogP contribution in [0.3, 0.4) is 0 Å². The van der Waals surface area contributed by atoms with E-state index < -0.39 is 0 Å². The van der Waals surface area contributed by atoms with Crippen LogP contribution in [0.4, 0.5) is 5.82 Å². The predicted octanol–water partition coefficient (Wildman–Crippen LogP) is 1.75. The molecule has 1 aliphatic carbocycles. The molecule has 1 saturated carbocycles. The second-order valence-electron chi connectivity index (χ2n) is 4.40. The second-order valence-corrected chi connectivity index (χ2v) is 4.40. The first-order valence-corrected chi connectivity index (χ1v) is 4.84. The molecule has 0 aliphatic heterocycles. The Morgan fingerprint density at radius 2 is 2.08 bits per heavy atom. The van der Waals surface area contributed by atoms with E-state index in [2.05, 4.69) is 18.9 Å². The van der Waals surface area contributed by atoms with E-state index in [4.69, 9.17) is 5.73 Å². The van der Waals surface area contributed by atoms with E-state index in [0.29, 0.717) is 5.41 Å². The van der Waals surface area contributed by atoms with Crippen LogP contribution in [0.1, 0.15) is 37.4 Å². The summed E-state index contributed by atoms with van der Waals surface area (Å²) in [6.07, 6.45) is 3.83. The lowest BCUT2D eigenvalue weighted by molar-refractivity contribution is 0.261. The van der Waals surface area contributed by atoms with Crippen molar-refractivity contribution in [2.24, 2.45) is 7.05 Å². The number of hydrogen-bond acceptors (Lipinski definition) is 2. The lowest BCUT2D eigenvalue weighted by Crippen LogP contribution is -2.31. The maximum Gasteiger partial charge on any atom is 0.124 e. The van der Waals surface area contributed by atoms with E-state index in [1.54, 1.807) is 4.68 Å². The second kappa shape index (κ2) is 2.50. The minimum atomic E-state index is 0.305. The van der Waals surface area contributed by atoms with Crippen molar-refractivity contribution in [3.8, 4) is 0 Å². The molecule has 0 radical (unpaired) electrons. The number of hydrogen-bond donors (Lipinski definition) is 1. The lowest BCUT2D eigenvalue weighted by atomic mass is 9.67. The fourth-order valence-corrected chi connectivity index (χ4v) is 2.16. The van der Waals surface area contributed by atoms with Crippen LogP contribution in [0.15, 0.2) is 0 Å². The Balaban J connectivity index is 2.46. The molecule has 1 heterocycles. The third-order valence-electron chi connectivity index (χ3n) is 3.37. The minimum Gasteiger partial charge on any atom is -0.384 e. The first-order chi connectivity index (χ1) is 6.04. The van der Waals surface area contributed by atoms with Crippen molar-refractivity contribution < 1.29 is 0 Å². The summed E-state index contributed by atoms with van der Waals surface area (Å²) in [6, 6.07) is 0. The van der Waals surface area contributed by atoms with Gasteiger partial charge in [0.05, 0.1) is 5.69 Å². The lowest BCUT2D eigenvalue weighted by Gasteiger charge is -2.37. The standard InChI is InChI=1S/C10H17N3/c1-7-8(10(2)5-4-6-10)12-13(3)9(7)11/h4-6,11H2,1-3H3. The summed E-state index contributed by atoms with van der Waals surface area (Å²) >= 11 is 0. The predicted molar refractivity (Wildman–Crippen MR) is 53.6 cm³/mol. The van der Waals surface area contributed by atoms with Crippen LogP contribution in [0.2, 0.25) is 0 Å². The van der Waals surface area contributed by atoms with Crippen LogP contribution >= 0.6 is 0 Å². The average Bonchev–Trinajstić information content (AvgIpc) is 2.29. The number of aromatic nitrogens is 2. The molecule has 3 nitrogen and oxygen atoms in total.